The molecule has 0 unspecified atom stereocenters. The van der Waals surface area contributed by atoms with E-state index in [4.69, 9.17) is 4.52 Å². The number of alkyl halides is 1. The van der Waals surface area contributed by atoms with Gasteiger partial charge < -0.3 is 14.7 Å². The molecule has 8 heteroatoms. The number of ketones is 1. The Labute approximate surface area is 147 Å². The van der Waals surface area contributed by atoms with E-state index in [2.05, 4.69) is 15.5 Å². The molecule has 25 heavy (non-hydrogen) atoms. The Bertz CT molecular complexity index is 645. The molecule has 0 bridgehead atoms. The van der Waals surface area contributed by atoms with Crippen LogP contribution in [0.1, 0.15) is 64.5 Å². The van der Waals surface area contributed by atoms with E-state index >= 15 is 0 Å². The van der Waals surface area contributed by atoms with Gasteiger partial charge >= 0.3 is 0 Å². The lowest BCUT2D eigenvalue weighted by Gasteiger charge is -2.26. The topological polar surface area (TPSA) is 88.3 Å². The van der Waals surface area contributed by atoms with Gasteiger partial charge in [0.25, 0.3) is 0 Å². The molecule has 1 N–H and O–H groups in total. The van der Waals surface area contributed by atoms with Crippen LogP contribution in [-0.4, -0.2) is 57.6 Å². The van der Waals surface area contributed by atoms with Gasteiger partial charge in [-0.05, 0) is 20.8 Å². The number of nitrogens with one attached hydrogen (secondary N) is 1. The highest BCUT2D eigenvalue weighted by atomic mass is 19.1. The molecule has 2 rings (SSSR count). The maximum absolute atomic E-state index is 13.9. The second-order valence-electron chi connectivity index (χ2n) is 8.54. The average Bonchev–Trinajstić information content (AvgIpc) is 3.09. The summed E-state index contributed by atoms with van der Waals surface area (Å²) in [6.45, 7) is 11.4. The van der Waals surface area contributed by atoms with E-state index in [1.165, 1.54) is 4.90 Å². The largest absolute Gasteiger partial charge is 0.338 e. The Morgan fingerprint density at radius 3 is 2.44 bits per heavy atom. The zero-order valence-electron chi connectivity index (χ0n) is 15.7. The highest BCUT2D eigenvalue weighted by Gasteiger charge is 2.42. The van der Waals surface area contributed by atoms with Crippen LogP contribution in [0.3, 0.4) is 0 Å². The van der Waals surface area contributed by atoms with Crippen molar-refractivity contribution in [2.45, 2.75) is 71.1 Å². The van der Waals surface area contributed by atoms with Gasteiger partial charge in [-0.1, -0.05) is 25.9 Å². The number of amides is 1. The van der Waals surface area contributed by atoms with Gasteiger partial charge in [-0.3, -0.25) is 9.59 Å². The fourth-order valence-corrected chi connectivity index (χ4v) is 2.53. The molecule has 7 nitrogen and oxygen atoms in total. The van der Waals surface area contributed by atoms with Gasteiger partial charge in [0.2, 0.25) is 23.4 Å². The molecule has 0 radical (unpaired) electrons. The van der Waals surface area contributed by atoms with Crippen LogP contribution in [0, 0.1) is 0 Å². The Morgan fingerprint density at radius 1 is 1.28 bits per heavy atom. The molecule has 0 spiro atoms. The van der Waals surface area contributed by atoms with Crippen LogP contribution >= 0.6 is 0 Å². The number of carbonyl (C=O) groups is 2. The van der Waals surface area contributed by atoms with Crippen molar-refractivity contribution >= 4 is 11.7 Å². The summed E-state index contributed by atoms with van der Waals surface area (Å²) in [5.41, 5.74) is -0.644. The van der Waals surface area contributed by atoms with Crippen molar-refractivity contribution in [1.29, 1.82) is 0 Å². The second-order valence-corrected chi connectivity index (χ2v) is 8.54. The number of rotatable bonds is 4. The smallest absolute Gasteiger partial charge is 0.240 e. The first kappa shape index (κ1) is 19.5. The zero-order valence-corrected chi connectivity index (χ0v) is 15.7. The average molecular weight is 354 g/mol. The third kappa shape index (κ3) is 4.84. The van der Waals surface area contributed by atoms with Crippen molar-refractivity contribution in [1.82, 2.24) is 20.4 Å². The number of hydrogen-bond acceptors (Lipinski definition) is 6. The van der Waals surface area contributed by atoms with Gasteiger partial charge in [0.1, 0.15) is 12.2 Å². The fourth-order valence-electron chi connectivity index (χ4n) is 2.53. The number of nitrogens with zero attached hydrogens (tertiary/aromatic N) is 3. The molecule has 0 aliphatic carbocycles. The number of hydrogen-bond donors (Lipinski definition) is 1. The van der Waals surface area contributed by atoms with E-state index in [1.54, 1.807) is 0 Å². The van der Waals surface area contributed by atoms with Gasteiger partial charge in [0.05, 0.1) is 13.1 Å². The zero-order chi connectivity index (χ0) is 19.0. The summed E-state index contributed by atoms with van der Waals surface area (Å²) < 4.78 is 19.0. The molecule has 1 aromatic heterocycles. The minimum Gasteiger partial charge on any atom is -0.338 e. The molecule has 0 saturated carbocycles. The lowest BCUT2D eigenvalue weighted by molar-refractivity contribution is -0.130. The van der Waals surface area contributed by atoms with Crippen LogP contribution in [0.15, 0.2) is 4.52 Å². The molecule has 1 aromatic rings. The lowest BCUT2D eigenvalue weighted by atomic mass is 9.97. The highest BCUT2D eigenvalue weighted by molar-refractivity contribution is 5.99. The predicted octanol–water partition coefficient (Wildman–Crippen LogP) is 1.88. The summed E-state index contributed by atoms with van der Waals surface area (Å²) in [6.07, 6.45) is -1.28. The molecule has 1 saturated heterocycles. The van der Waals surface area contributed by atoms with Gasteiger partial charge in [-0.25, -0.2) is 4.39 Å². The summed E-state index contributed by atoms with van der Waals surface area (Å²) >= 11 is 0. The first-order valence-electron chi connectivity index (χ1n) is 8.45. The van der Waals surface area contributed by atoms with E-state index < -0.39 is 23.4 Å². The van der Waals surface area contributed by atoms with Crippen molar-refractivity contribution in [3.05, 3.63) is 11.7 Å². The maximum atomic E-state index is 13.9. The first-order chi connectivity index (χ1) is 11.4. The van der Waals surface area contributed by atoms with Gasteiger partial charge in [0, 0.05) is 17.4 Å². The molecule has 1 aliphatic rings. The molecule has 1 aliphatic heterocycles. The predicted molar refractivity (Wildman–Crippen MR) is 90.1 cm³/mol. The fraction of sp³-hybridized carbons (Fsp3) is 0.765. The van der Waals surface area contributed by atoms with Crippen LogP contribution in [0.5, 0.6) is 0 Å². The van der Waals surface area contributed by atoms with Gasteiger partial charge in [-0.2, -0.15) is 4.98 Å². The van der Waals surface area contributed by atoms with Crippen molar-refractivity contribution in [3.8, 4) is 0 Å². The minimum atomic E-state index is -1.23. The summed E-state index contributed by atoms with van der Waals surface area (Å²) in [7, 11) is 0. The van der Waals surface area contributed by atoms with E-state index in [-0.39, 0.29) is 36.8 Å². The molecule has 2 atom stereocenters. The minimum absolute atomic E-state index is 0.0412. The second kappa shape index (κ2) is 6.82. The molecule has 1 fully saturated rings. The Kier molecular flexibility index (Phi) is 5.32. The van der Waals surface area contributed by atoms with Crippen molar-refractivity contribution in [3.63, 3.8) is 0 Å². The van der Waals surface area contributed by atoms with Crippen LogP contribution in [0.25, 0.3) is 0 Å². The Morgan fingerprint density at radius 2 is 1.92 bits per heavy atom. The van der Waals surface area contributed by atoms with Crippen LogP contribution < -0.4 is 5.32 Å². The Hall–Kier alpha value is -1.83. The standard InChI is InChI=1S/C17H27FN4O3/c1-16(2,3)15-20-14(21-25-15)13(24)11-7-10(18)9-22(11)12(23)8-19-17(4,5)6/h10-11,19H,7-9H2,1-6H3/t10-,11-/m0/s1. The lowest BCUT2D eigenvalue weighted by Crippen LogP contribution is -2.48. The monoisotopic (exact) mass is 354 g/mol. The van der Waals surface area contributed by atoms with Crippen molar-refractivity contribution in [2.75, 3.05) is 13.1 Å². The number of carbonyl (C=O) groups excluding carboxylic acids is 2. The van der Waals surface area contributed by atoms with Crippen LogP contribution in [0.2, 0.25) is 0 Å². The summed E-state index contributed by atoms with van der Waals surface area (Å²) in [5.74, 6) is -0.569. The van der Waals surface area contributed by atoms with E-state index in [0.29, 0.717) is 5.89 Å². The highest BCUT2D eigenvalue weighted by Crippen LogP contribution is 2.25. The molecule has 1 amide bonds. The van der Waals surface area contributed by atoms with Gasteiger partial charge in [0.15, 0.2) is 0 Å². The van der Waals surface area contributed by atoms with E-state index in [9.17, 15) is 14.0 Å². The third-order valence-corrected chi connectivity index (χ3v) is 3.93. The molecular formula is C17H27FN4O3. The Balaban J connectivity index is 2.13. The van der Waals surface area contributed by atoms with E-state index in [1.807, 2.05) is 41.5 Å². The molecule has 2 heterocycles. The third-order valence-electron chi connectivity index (χ3n) is 3.93. The number of halogens is 1. The normalized spacial score (nSPS) is 21.6. The number of Topliss-reactive ketones (excluding diaryl/α,β-unsaturated/α-hetero) is 1. The van der Waals surface area contributed by atoms with Gasteiger partial charge in [-0.15, -0.1) is 0 Å². The molecule has 140 valence electrons. The summed E-state index contributed by atoms with van der Waals surface area (Å²) in [4.78, 5) is 30.5. The van der Waals surface area contributed by atoms with E-state index in [0.717, 1.165) is 0 Å². The maximum Gasteiger partial charge on any atom is 0.240 e. The van der Waals surface area contributed by atoms with Crippen LogP contribution in [-0.2, 0) is 10.2 Å². The van der Waals surface area contributed by atoms with Crippen molar-refractivity contribution < 1.29 is 18.5 Å². The number of likely N-dealkylation sites (tertiary alicyclic amines) is 1. The number of aromatic nitrogens is 2. The quantitative estimate of drug-likeness (QED) is 0.831. The summed E-state index contributed by atoms with van der Waals surface area (Å²) in [5, 5.41) is 6.78. The van der Waals surface area contributed by atoms with Crippen LogP contribution in [0.4, 0.5) is 4.39 Å². The van der Waals surface area contributed by atoms with Crippen molar-refractivity contribution in [2.24, 2.45) is 0 Å². The molecule has 0 aromatic carbocycles. The molecular weight excluding hydrogens is 327 g/mol. The first-order valence-corrected chi connectivity index (χ1v) is 8.45. The summed E-state index contributed by atoms with van der Waals surface area (Å²) in [6, 6.07) is -0.894. The SMILES string of the molecule is CC(C)(C)NCC(=O)N1C[C@@H](F)C[C@H]1C(=O)c1noc(C(C)(C)C)n1.